The minimum atomic E-state index is -3.11. The number of rotatable bonds is 3. The van der Waals surface area contributed by atoms with Crippen LogP contribution in [0.1, 0.15) is 26.7 Å². The van der Waals surface area contributed by atoms with Crippen LogP contribution in [0.4, 0.5) is 0 Å². The topological polar surface area (TPSA) is 69.7 Å². The Hall–Kier alpha value is -0.370. The predicted molar refractivity (Wildman–Crippen MR) is 85.1 cm³/mol. The van der Waals surface area contributed by atoms with E-state index in [2.05, 4.69) is 12.2 Å². The van der Waals surface area contributed by atoms with Gasteiger partial charge in [-0.05, 0) is 26.7 Å². The number of carbonyl (C=O) groups excluding carboxylic acids is 1. The highest BCUT2D eigenvalue weighted by molar-refractivity contribution is 7.89. The van der Waals surface area contributed by atoms with Crippen LogP contribution in [0.5, 0.6) is 0 Å². The fourth-order valence-corrected chi connectivity index (χ4v) is 4.10. The van der Waals surface area contributed by atoms with E-state index in [4.69, 9.17) is 0 Å². The standard InChI is InChI=1S/C13H25N3O3S.ClH/c1-3-20(18,19)15-7-4-12(5-8-15)13(17)16-9-6-14-10-11(16)2;/h11-12,14H,3-10H2,1-2H3;1H/t11-;/m1./s1. The van der Waals surface area contributed by atoms with E-state index in [0.717, 1.165) is 19.6 Å². The summed E-state index contributed by atoms with van der Waals surface area (Å²) in [6, 6.07) is 0.230. The van der Waals surface area contributed by atoms with Gasteiger partial charge in [0.05, 0.1) is 5.75 Å². The summed E-state index contributed by atoms with van der Waals surface area (Å²) in [5, 5.41) is 3.28. The van der Waals surface area contributed by atoms with Gasteiger partial charge in [0.15, 0.2) is 0 Å². The zero-order valence-electron chi connectivity index (χ0n) is 12.7. The summed E-state index contributed by atoms with van der Waals surface area (Å²) in [6.45, 7) is 7.12. The lowest BCUT2D eigenvalue weighted by atomic mass is 9.95. The average molecular weight is 340 g/mol. The van der Waals surface area contributed by atoms with Gasteiger partial charge in [-0.2, -0.15) is 0 Å². The van der Waals surface area contributed by atoms with Gasteiger partial charge >= 0.3 is 0 Å². The van der Waals surface area contributed by atoms with Crippen LogP contribution in [0, 0.1) is 5.92 Å². The van der Waals surface area contributed by atoms with Crippen molar-refractivity contribution < 1.29 is 13.2 Å². The predicted octanol–water partition coefficient (Wildman–Crippen LogP) is 0.290. The SMILES string of the molecule is CCS(=O)(=O)N1CCC(C(=O)N2CCNC[C@H]2C)CC1.Cl. The summed E-state index contributed by atoms with van der Waals surface area (Å²) in [4.78, 5) is 14.5. The van der Waals surface area contributed by atoms with E-state index in [1.165, 1.54) is 4.31 Å². The number of sulfonamides is 1. The van der Waals surface area contributed by atoms with E-state index in [1.54, 1.807) is 6.92 Å². The molecule has 0 aromatic rings. The molecule has 2 aliphatic heterocycles. The second kappa shape index (κ2) is 7.76. The molecule has 2 aliphatic rings. The molecule has 0 aromatic heterocycles. The molecule has 6 nitrogen and oxygen atoms in total. The van der Waals surface area contributed by atoms with E-state index in [1.807, 2.05) is 4.90 Å². The van der Waals surface area contributed by atoms with E-state index in [-0.39, 0.29) is 36.0 Å². The number of hydrogen-bond donors (Lipinski definition) is 1. The summed E-state index contributed by atoms with van der Waals surface area (Å²) in [5.74, 6) is 0.326. The lowest BCUT2D eigenvalue weighted by Gasteiger charge is -2.38. The highest BCUT2D eigenvalue weighted by atomic mass is 35.5. The smallest absolute Gasteiger partial charge is 0.226 e. The number of halogens is 1. The van der Waals surface area contributed by atoms with Crippen LogP contribution >= 0.6 is 12.4 Å². The van der Waals surface area contributed by atoms with Gasteiger partial charge in [0.25, 0.3) is 0 Å². The second-order valence-corrected chi connectivity index (χ2v) is 7.92. The Morgan fingerprint density at radius 2 is 1.86 bits per heavy atom. The van der Waals surface area contributed by atoms with Crippen molar-refractivity contribution in [3.05, 3.63) is 0 Å². The first-order valence-electron chi connectivity index (χ1n) is 7.44. The molecule has 0 bridgehead atoms. The fraction of sp³-hybridized carbons (Fsp3) is 0.923. The normalized spacial score (nSPS) is 25.4. The molecule has 21 heavy (non-hydrogen) atoms. The molecule has 2 fully saturated rings. The molecule has 0 aliphatic carbocycles. The molecule has 0 unspecified atom stereocenters. The van der Waals surface area contributed by atoms with Crippen molar-refractivity contribution >= 4 is 28.3 Å². The third-order valence-corrected chi connectivity index (χ3v) is 6.23. The average Bonchev–Trinajstić information content (AvgIpc) is 2.47. The van der Waals surface area contributed by atoms with Gasteiger partial charge in [-0.25, -0.2) is 12.7 Å². The van der Waals surface area contributed by atoms with E-state index < -0.39 is 10.0 Å². The van der Waals surface area contributed by atoms with Crippen LogP contribution in [-0.2, 0) is 14.8 Å². The van der Waals surface area contributed by atoms with Crippen molar-refractivity contribution in [2.75, 3.05) is 38.5 Å². The van der Waals surface area contributed by atoms with Gasteiger partial charge in [0.1, 0.15) is 0 Å². The van der Waals surface area contributed by atoms with Crippen LogP contribution in [0.3, 0.4) is 0 Å². The van der Waals surface area contributed by atoms with Crippen molar-refractivity contribution in [1.82, 2.24) is 14.5 Å². The van der Waals surface area contributed by atoms with Gasteiger partial charge in [-0.15, -0.1) is 12.4 Å². The van der Waals surface area contributed by atoms with Crippen LogP contribution in [0.25, 0.3) is 0 Å². The Bertz CT molecular complexity index is 450. The van der Waals surface area contributed by atoms with Crippen LogP contribution in [0.2, 0.25) is 0 Å². The van der Waals surface area contributed by atoms with Crippen LogP contribution in [0.15, 0.2) is 0 Å². The number of nitrogens with one attached hydrogen (secondary N) is 1. The van der Waals surface area contributed by atoms with E-state index >= 15 is 0 Å². The highest BCUT2D eigenvalue weighted by Crippen LogP contribution is 2.23. The van der Waals surface area contributed by atoms with Crippen molar-refractivity contribution in [3.63, 3.8) is 0 Å². The molecular formula is C13H26ClN3O3S. The summed E-state index contributed by atoms with van der Waals surface area (Å²) in [5.41, 5.74) is 0. The first kappa shape index (κ1) is 18.7. The number of amides is 1. The zero-order chi connectivity index (χ0) is 14.8. The number of carbonyl (C=O) groups is 1. The molecule has 1 N–H and O–H groups in total. The van der Waals surface area contributed by atoms with Crippen LogP contribution in [-0.4, -0.2) is 68.0 Å². The fourth-order valence-electron chi connectivity index (χ4n) is 2.97. The Balaban J connectivity index is 0.00000220. The van der Waals surface area contributed by atoms with Gasteiger partial charge in [-0.3, -0.25) is 4.79 Å². The summed E-state index contributed by atoms with van der Waals surface area (Å²) in [6.07, 6.45) is 1.30. The maximum atomic E-state index is 12.5. The van der Waals surface area contributed by atoms with E-state index in [9.17, 15) is 13.2 Å². The molecule has 1 amide bonds. The van der Waals surface area contributed by atoms with Gasteiger partial charge in [0.2, 0.25) is 15.9 Å². The molecule has 0 spiro atoms. The van der Waals surface area contributed by atoms with Crippen molar-refractivity contribution in [1.29, 1.82) is 0 Å². The number of nitrogens with zero attached hydrogens (tertiary/aromatic N) is 2. The number of piperidine rings is 1. The summed E-state index contributed by atoms with van der Waals surface area (Å²) in [7, 11) is -3.11. The lowest BCUT2D eigenvalue weighted by molar-refractivity contribution is -0.139. The number of piperazine rings is 1. The lowest BCUT2D eigenvalue weighted by Crippen LogP contribution is -2.55. The molecule has 2 rings (SSSR count). The maximum Gasteiger partial charge on any atom is 0.226 e. The molecule has 2 heterocycles. The quantitative estimate of drug-likeness (QED) is 0.802. The largest absolute Gasteiger partial charge is 0.337 e. The monoisotopic (exact) mass is 339 g/mol. The highest BCUT2D eigenvalue weighted by Gasteiger charge is 2.34. The first-order chi connectivity index (χ1) is 9.45. The molecule has 2 saturated heterocycles. The molecule has 0 aromatic carbocycles. The van der Waals surface area contributed by atoms with Crippen LogP contribution < -0.4 is 5.32 Å². The Morgan fingerprint density at radius 1 is 1.24 bits per heavy atom. The minimum absolute atomic E-state index is 0. The summed E-state index contributed by atoms with van der Waals surface area (Å²) < 4.78 is 25.1. The third-order valence-electron chi connectivity index (χ3n) is 4.35. The molecule has 0 saturated carbocycles. The van der Waals surface area contributed by atoms with Crippen molar-refractivity contribution in [2.24, 2.45) is 5.92 Å². The van der Waals surface area contributed by atoms with Gasteiger partial charge in [-0.1, -0.05) is 0 Å². The van der Waals surface area contributed by atoms with Gasteiger partial charge in [0, 0.05) is 44.7 Å². The minimum Gasteiger partial charge on any atom is -0.337 e. The Morgan fingerprint density at radius 3 is 2.38 bits per heavy atom. The zero-order valence-corrected chi connectivity index (χ0v) is 14.4. The summed E-state index contributed by atoms with van der Waals surface area (Å²) >= 11 is 0. The molecule has 1 atom stereocenters. The third kappa shape index (κ3) is 4.31. The van der Waals surface area contributed by atoms with Gasteiger partial charge < -0.3 is 10.2 Å². The number of hydrogen-bond acceptors (Lipinski definition) is 4. The molecule has 124 valence electrons. The molecular weight excluding hydrogens is 314 g/mol. The second-order valence-electron chi connectivity index (χ2n) is 5.66. The molecule has 0 radical (unpaired) electrons. The maximum absolute atomic E-state index is 12.5. The molecule has 8 heteroatoms. The Labute approximate surface area is 133 Å². The van der Waals surface area contributed by atoms with Crippen molar-refractivity contribution in [3.8, 4) is 0 Å². The Kier molecular flexibility index (Phi) is 6.90. The van der Waals surface area contributed by atoms with E-state index in [0.29, 0.717) is 25.9 Å². The van der Waals surface area contributed by atoms with Crippen molar-refractivity contribution in [2.45, 2.75) is 32.7 Å². The first-order valence-corrected chi connectivity index (χ1v) is 9.05.